The first kappa shape index (κ1) is 6.03. The van der Waals surface area contributed by atoms with E-state index in [0.717, 1.165) is 0 Å². The lowest BCUT2D eigenvalue weighted by Crippen LogP contribution is -2.12. The van der Waals surface area contributed by atoms with Crippen molar-refractivity contribution in [2.45, 2.75) is 0 Å². The van der Waals surface area contributed by atoms with Crippen LogP contribution in [0.3, 0.4) is 0 Å². The first-order chi connectivity index (χ1) is 5.27. The number of nitrogens with one attached hydrogen (secondary N) is 1. The third-order valence-electron chi connectivity index (χ3n) is 1.51. The molecule has 1 aliphatic carbocycles. The highest BCUT2D eigenvalue weighted by molar-refractivity contribution is 6.12. The molecule has 0 unspecified atom stereocenters. The summed E-state index contributed by atoms with van der Waals surface area (Å²) in [6.07, 6.45) is 4.26. The quantitative estimate of drug-likeness (QED) is 0.562. The minimum Gasteiger partial charge on any atom is -0.305 e. The number of carbonyl (C=O) groups excluding carboxylic acids is 1. The Morgan fingerprint density at radius 3 is 2.91 bits per heavy atom. The molecular formula is C7H4N2O2. The third kappa shape index (κ3) is 0.797. The minimum absolute atomic E-state index is 0.108. The van der Waals surface area contributed by atoms with Crippen LogP contribution in [0.1, 0.15) is 16.1 Å². The van der Waals surface area contributed by atoms with E-state index >= 15 is 0 Å². The summed E-state index contributed by atoms with van der Waals surface area (Å²) in [4.78, 5) is 27.4. The Kier molecular flexibility index (Phi) is 1.03. The molecule has 1 aromatic rings. The van der Waals surface area contributed by atoms with E-state index in [2.05, 4.69) is 9.97 Å². The van der Waals surface area contributed by atoms with E-state index in [4.69, 9.17) is 0 Å². The van der Waals surface area contributed by atoms with E-state index in [0.29, 0.717) is 11.3 Å². The van der Waals surface area contributed by atoms with Gasteiger partial charge in [0, 0.05) is 6.20 Å². The van der Waals surface area contributed by atoms with Crippen LogP contribution in [0, 0.1) is 0 Å². The maximum Gasteiger partial charge on any atom is 0.345 e. The Labute approximate surface area is 61.6 Å². The van der Waals surface area contributed by atoms with Gasteiger partial charge in [0.05, 0.1) is 11.3 Å². The summed E-state index contributed by atoms with van der Waals surface area (Å²) in [5, 5.41) is 0. The van der Waals surface area contributed by atoms with Gasteiger partial charge in [0.2, 0.25) is 0 Å². The van der Waals surface area contributed by atoms with Gasteiger partial charge in [-0.25, -0.2) is 9.78 Å². The van der Waals surface area contributed by atoms with Crippen LogP contribution >= 0.6 is 0 Å². The van der Waals surface area contributed by atoms with E-state index < -0.39 is 5.69 Å². The molecule has 11 heavy (non-hydrogen) atoms. The predicted octanol–water partition coefficient (Wildman–Crippen LogP) is -0.0206. The van der Waals surface area contributed by atoms with Crippen molar-refractivity contribution < 1.29 is 4.79 Å². The molecule has 0 spiro atoms. The zero-order valence-electron chi connectivity index (χ0n) is 5.50. The zero-order valence-corrected chi connectivity index (χ0v) is 5.50. The lowest BCUT2D eigenvalue weighted by atomic mass is 10.2. The molecule has 54 valence electrons. The van der Waals surface area contributed by atoms with Gasteiger partial charge < -0.3 is 4.98 Å². The average Bonchev–Trinajstić information content (AvgIpc) is 2.32. The van der Waals surface area contributed by atoms with Crippen molar-refractivity contribution in [2.24, 2.45) is 0 Å². The highest BCUT2D eigenvalue weighted by Gasteiger charge is 2.13. The van der Waals surface area contributed by atoms with Gasteiger partial charge in [-0.2, -0.15) is 0 Å². The first-order valence-corrected chi connectivity index (χ1v) is 3.09. The summed E-state index contributed by atoms with van der Waals surface area (Å²) in [6.45, 7) is 0. The molecule has 1 aromatic heterocycles. The number of fused-ring (bicyclic) bond motifs is 1. The van der Waals surface area contributed by atoms with Crippen LogP contribution in [0.15, 0.2) is 17.1 Å². The topological polar surface area (TPSA) is 62.8 Å². The van der Waals surface area contributed by atoms with Gasteiger partial charge in [-0.1, -0.05) is 0 Å². The number of H-pyrrole nitrogens is 1. The fourth-order valence-corrected chi connectivity index (χ4v) is 0.984. The van der Waals surface area contributed by atoms with Crippen molar-refractivity contribution in [1.82, 2.24) is 9.97 Å². The van der Waals surface area contributed by atoms with Gasteiger partial charge in [-0.05, 0) is 12.2 Å². The highest BCUT2D eigenvalue weighted by Crippen LogP contribution is 2.12. The van der Waals surface area contributed by atoms with Crippen LogP contribution in [0.5, 0.6) is 0 Å². The first-order valence-electron chi connectivity index (χ1n) is 3.09. The molecule has 0 saturated heterocycles. The molecule has 4 nitrogen and oxygen atoms in total. The standard InChI is InChI=1S/C7H4N2O2/c10-6-2-1-5-4(6)3-8-7(11)9-5/h1-3H,(H,8,9,11). The van der Waals surface area contributed by atoms with Gasteiger partial charge in [0.15, 0.2) is 5.78 Å². The summed E-state index contributed by atoms with van der Waals surface area (Å²) in [7, 11) is 0. The lowest BCUT2D eigenvalue weighted by molar-refractivity contribution is 0.104. The average molecular weight is 148 g/mol. The molecule has 0 bridgehead atoms. The number of aromatic nitrogens is 2. The number of carbonyl (C=O) groups is 1. The van der Waals surface area contributed by atoms with Crippen LogP contribution in [0.2, 0.25) is 0 Å². The second kappa shape index (κ2) is 1.88. The van der Waals surface area contributed by atoms with E-state index in [-0.39, 0.29) is 5.78 Å². The molecule has 0 aromatic carbocycles. The van der Waals surface area contributed by atoms with Gasteiger partial charge >= 0.3 is 5.69 Å². The van der Waals surface area contributed by atoms with E-state index in [1.807, 2.05) is 0 Å². The second-order valence-corrected chi connectivity index (χ2v) is 2.21. The summed E-state index contributed by atoms with van der Waals surface area (Å²) in [5.41, 5.74) is 0.586. The Balaban J connectivity index is 2.76. The lowest BCUT2D eigenvalue weighted by Gasteiger charge is -1.91. The Morgan fingerprint density at radius 2 is 2.09 bits per heavy atom. The van der Waals surface area contributed by atoms with Gasteiger partial charge in [-0.15, -0.1) is 0 Å². The van der Waals surface area contributed by atoms with Gasteiger partial charge in [0.1, 0.15) is 0 Å². The van der Waals surface area contributed by atoms with Crippen LogP contribution in [-0.2, 0) is 0 Å². The van der Waals surface area contributed by atoms with Gasteiger partial charge in [-0.3, -0.25) is 4.79 Å². The third-order valence-corrected chi connectivity index (χ3v) is 1.51. The molecule has 0 fully saturated rings. The number of nitrogens with zero attached hydrogens (tertiary/aromatic N) is 1. The Bertz CT molecular complexity index is 403. The Morgan fingerprint density at radius 1 is 1.27 bits per heavy atom. The number of allylic oxidation sites excluding steroid dienone is 1. The molecule has 1 heterocycles. The smallest absolute Gasteiger partial charge is 0.305 e. The van der Waals surface area contributed by atoms with Crippen LogP contribution in [0.4, 0.5) is 0 Å². The fourth-order valence-electron chi connectivity index (χ4n) is 0.984. The second-order valence-electron chi connectivity index (χ2n) is 2.21. The summed E-state index contributed by atoms with van der Waals surface area (Å²) in [5.74, 6) is -0.108. The van der Waals surface area contributed by atoms with Crippen molar-refractivity contribution in [1.29, 1.82) is 0 Å². The molecular weight excluding hydrogens is 144 g/mol. The minimum atomic E-state index is -0.428. The number of hydrogen-bond donors (Lipinski definition) is 1. The van der Waals surface area contributed by atoms with E-state index in [9.17, 15) is 9.59 Å². The van der Waals surface area contributed by atoms with Crippen LogP contribution in [-0.4, -0.2) is 15.8 Å². The SMILES string of the molecule is O=C1C=Cc2[nH]c(=O)ncc21. The van der Waals surface area contributed by atoms with Gasteiger partial charge in [0.25, 0.3) is 0 Å². The molecule has 1 aliphatic rings. The van der Waals surface area contributed by atoms with Crippen molar-refractivity contribution >= 4 is 11.9 Å². The number of rotatable bonds is 0. The molecule has 0 saturated carbocycles. The highest BCUT2D eigenvalue weighted by atomic mass is 16.1. The molecule has 0 amide bonds. The maximum atomic E-state index is 10.9. The zero-order chi connectivity index (χ0) is 7.84. The van der Waals surface area contributed by atoms with E-state index in [1.54, 1.807) is 6.08 Å². The van der Waals surface area contributed by atoms with Crippen LogP contribution in [0.25, 0.3) is 6.08 Å². The van der Waals surface area contributed by atoms with Crippen molar-refractivity contribution in [2.75, 3.05) is 0 Å². The Hall–Kier alpha value is -1.71. The molecule has 4 heteroatoms. The monoisotopic (exact) mass is 148 g/mol. The molecule has 0 atom stereocenters. The number of ketones is 1. The molecule has 0 aliphatic heterocycles. The fraction of sp³-hybridized carbons (Fsp3) is 0. The summed E-state index contributed by atoms with van der Waals surface area (Å²) < 4.78 is 0. The normalized spacial score (nSPS) is 13.6. The summed E-state index contributed by atoms with van der Waals surface area (Å²) in [6, 6.07) is 0. The van der Waals surface area contributed by atoms with Crippen molar-refractivity contribution in [3.8, 4) is 0 Å². The van der Waals surface area contributed by atoms with E-state index in [1.165, 1.54) is 12.3 Å². The van der Waals surface area contributed by atoms with Crippen molar-refractivity contribution in [3.05, 3.63) is 34.0 Å². The maximum absolute atomic E-state index is 10.9. The molecule has 2 rings (SSSR count). The van der Waals surface area contributed by atoms with Crippen molar-refractivity contribution in [3.63, 3.8) is 0 Å². The molecule has 0 radical (unpaired) electrons. The molecule has 1 N–H and O–H groups in total. The summed E-state index contributed by atoms with van der Waals surface area (Å²) >= 11 is 0. The largest absolute Gasteiger partial charge is 0.345 e. The number of hydrogen-bond acceptors (Lipinski definition) is 3. The predicted molar refractivity (Wildman–Crippen MR) is 38.2 cm³/mol. The van der Waals surface area contributed by atoms with Crippen LogP contribution < -0.4 is 5.69 Å². The number of aromatic amines is 1.